The van der Waals surface area contributed by atoms with Crippen LogP contribution in [0.4, 0.5) is 20.4 Å². The van der Waals surface area contributed by atoms with Gasteiger partial charge >= 0.3 is 0 Å². The van der Waals surface area contributed by atoms with E-state index in [1.807, 2.05) is 17.0 Å². The summed E-state index contributed by atoms with van der Waals surface area (Å²) in [6.45, 7) is 4.42. The van der Waals surface area contributed by atoms with E-state index in [0.29, 0.717) is 31.0 Å². The summed E-state index contributed by atoms with van der Waals surface area (Å²) < 4.78 is 53.6. The normalized spacial score (nSPS) is 21.1. The van der Waals surface area contributed by atoms with E-state index >= 15 is 0 Å². The second-order valence-corrected chi connectivity index (χ2v) is 9.72. The Labute approximate surface area is 175 Å². The van der Waals surface area contributed by atoms with E-state index in [0.717, 1.165) is 37.3 Å². The smallest absolute Gasteiger partial charge is 0.243 e. The quantitative estimate of drug-likeness (QED) is 0.733. The van der Waals surface area contributed by atoms with Crippen molar-refractivity contribution in [3.63, 3.8) is 0 Å². The molecule has 10 heteroatoms. The first-order chi connectivity index (χ1) is 14.3. The molecule has 3 heterocycles. The van der Waals surface area contributed by atoms with Gasteiger partial charge in [0, 0.05) is 44.8 Å². The van der Waals surface area contributed by atoms with Gasteiger partial charge in [-0.3, -0.25) is 0 Å². The van der Waals surface area contributed by atoms with Crippen LogP contribution in [0.3, 0.4) is 0 Å². The molecule has 0 spiro atoms. The van der Waals surface area contributed by atoms with Gasteiger partial charge in [0.2, 0.25) is 10.0 Å². The molecule has 1 aromatic heterocycles. The summed E-state index contributed by atoms with van der Waals surface area (Å²) in [5, 5.41) is 8.73. The molecule has 1 aromatic carbocycles. The number of piperazine rings is 1. The third-order valence-electron chi connectivity index (χ3n) is 5.77. The predicted octanol–water partition coefficient (Wildman–Crippen LogP) is 2.64. The van der Waals surface area contributed by atoms with Crippen molar-refractivity contribution in [2.75, 3.05) is 42.5 Å². The second-order valence-electron chi connectivity index (χ2n) is 7.78. The van der Waals surface area contributed by atoms with Crippen molar-refractivity contribution >= 4 is 21.7 Å². The topological polar surface area (TPSA) is 69.6 Å². The zero-order valence-corrected chi connectivity index (χ0v) is 17.7. The number of hydrogen-bond donors (Lipinski definition) is 0. The molecule has 4 rings (SSSR count). The molecule has 0 saturated carbocycles. The van der Waals surface area contributed by atoms with E-state index in [1.165, 1.54) is 10.7 Å². The monoisotopic (exact) mass is 437 g/mol. The van der Waals surface area contributed by atoms with Crippen LogP contribution in [0.5, 0.6) is 0 Å². The fourth-order valence-corrected chi connectivity index (χ4v) is 5.53. The molecule has 2 aliphatic rings. The maximum Gasteiger partial charge on any atom is 0.243 e. The summed E-state index contributed by atoms with van der Waals surface area (Å²) in [6.07, 6.45) is 3.53. The van der Waals surface area contributed by atoms with Gasteiger partial charge in [0.15, 0.2) is 11.6 Å². The molecule has 1 atom stereocenters. The number of benzene rings is 1. The zero-order chi connectivity index (χ0) is 21.3. The van der Waals surface area contributed by atoms with Crippen molar-refractivity contribution in [1.82, 2.24) is 14.5 Å². The first kappa shape index (κ1) is 20.9. The van der Waals surface area contributed by atoms with Crippen LogP contribution in [0.15, 0.2) is 35.2 Å². The minimum atomic E-state index is -3.96. The lowest BCUT2D eigenvalue weighted by atomic mass is 10.0. The number of aromatic nitrogens is 2. The Balaban J connectivity index is 1.42. The van der Waals surface area contributed by atoms with Crippen LogP contribution in [0.25, 0.3) is 0 Å². The lowest BCUT2D eigenvalue weighted by molar-refractivity contribution is 0.382. The number of piperidine rings is 1. The van der Waals surface area contributed by atoms with Gasteiger partial charge in [0.25, 0.3) is 0 Å². The van der Waals surface area contributed by atoms with E-state index in [-0.39, 0.29) is 18.0 Å². The number of anilines is 2. The average molecular weight is 438 g/mol. The highest BCUT2D eigenvalue weighted by Crippen LogP contribution is 2.25. The molecule has 1 unspecified atom stereocenters. The van der Waals surface area contributed by atoms with Crippen molar-refractivity contribution < 1.29 is 17.2 Å². The second kappa shape index (κ2) is 8.43. The molecule has 2 fully saturated rings. The number of nitrogens with zero attached hydrogens (tertiary/aromatic N) is 5. The van der Waals surface area contributed by atoms with Gasteiger partial charge in [-0.25, -0.2) is 17.2 Å². The Bertz CT molecular complexity index is 975. The highest BCUT2D eigenvalue weighted by molar-refractivity contribution is 7.89. The minimum absolute atomic E-state index is 0.201. The zero-order valence-electron chi connectivity index (χ0n) is 16.8. The molecule has 7 nitrogen and oxygen atoms in total. The molecule has 162 valence electrons. The van der Waals surface area contributed by atoms with Gasteiger partial charge in [-0.2, -0.15) is 4.31 Å². The van der Waals surface area contributed by atoms with Crippen LogP contribution in [0.1, 0.15) is 26.2 Å². The number of hydrogen-bond acceptors (Lipinski definition) is 6. The SMILES string of the molecule is CC1CCCCN1c1ccc(N2CCN(S(=O)(=O)c3cc(F)cc(F)c3)CC2)nn1. The van der Waals surface area contributed by atoms with E-state index in [9.17, 15) is 17.2 Å². The third-order valence-corrected chi connectivity index (χ3v) is 7.65. The highest BCUT2D eigenvalue weighted by atomic mass is 32.2. The molecule has 2 aliphatic heterocycles. The van der Waals surface area contributed by atoms with E-state index in [1.54, 1.807) is 0 Å². The van der Waals surface area contributed by atoms with Crippen LogP contribution in [-0.2, 0) is 10.0 Å². The number of sulfonamides is 1. The van der Waals surface area contributed by atoms with E-state index in [2.05, 4.69) is 22.0 Å². The molecule has 0 N–H and O–H groups in total. The van der Waals surface area contributed by atoms with Gasteiger partial charge in [-0.15, -0.1) is 10.2 Å². The van der Waals surface area contributed by atoms with Crippen LogP contribution < -0.4 is 9.80 Å². The molecule has 0 bridgehead atoms. The molecule has 30 heavy (non-hydrogen) atoms. The summed E-state index contributed by atoms with van der Waals surface area (Å²) in [4.78, 5) is 3.87. The molecule has 0 aliphatic carbocycles. The van der Waals surface area contributed by atoms with Gasteiger partial charge in [-0.1, -0.05) is 0 Å². The van der Waals surface area contributed by atoms with Crippen molar-refractivity contribution in [3.05, 3.63) is 42.0 Å². The Morgan fingerprint density at radius 2 is 1.53 bits per heavy atom. The van der Waals surface area contributed by atoms with Crippen LogP contribution >= 0.6 is 0 Å². The summed E-state index contributed by atoms with van der Waals surface area (Å²) >= 11 is 0. The molecule has 2 aromatic rings. The summed E-state index contributed by atoms with van der Waals surface area (Å²) in [5.41, 5.74) is 0. The molecule has 0 radical (unpaired) electrons. The van der Waals surface area contributed by atoms with E-state index < -0.39 is 21.7 Å². The van der Waals surface area contributed by atoms with E-state index in [4.69, 9.17) is 0 Å². The maximum absolute atomic E-state index is 13.5. The fraction of sp³-hybridized carbons (Fsp3) is 0.500. The summed E-state index contributed by atoms with van der Waals surface area (Å²) in [6, 6.07) is 6.66. The van der Waals surface area contributed by atoms with Crippen molar-refractivity contribution in [2.45, 2.75) is 37.1 Å². The lowest BCUT2D eigenvalue weighted by Crippen LogP contribution is -2.49. The number of halogens is 2. The summed E-state index contributed by atoms with van der Waals surface area (Å²) in [7, 11) is -3.96. The molecular formula is C20H25F2N5O2S. The van der Waals surface area contributed by atoms with Crippen molar-refractivity contribution in [1.29, 1.82) is 0 Å². The van der Waals surface area contributed by atoms with Crippen LogP contribution in [0, 0.1) is 11.6 Å². The Morgan fingerprint density at radius 1 is 0.900 bits per heavy atom. The first-order valence-electron chi connectivity index (χ1n) is 10.2. The Hall–Kier alpha value is -2.33. The average Bonchev–Trinajstić information content (AvgIpc) is 2.74. The van der Waals surface area contributed by atoms with Gasteiger partial charge in [0.05, 0.1) is 4.90 Å². The number of rotatable bonds is 4. The van der Waals surface area contributed by atoms with Gasteiger partial charge < -0.3 is 9.80 Å². The highest BCUT2D eigenvalue weighted by Gasteiger charge is 2.30. The minimum Gasteiger partial charge on any atom is -0.352 e. The van der Waals surface area contributed by atoms with Crippen LogP contribution in [-0.4, -0.2) is 61.7 Å². The maximum atomic E-state index is 13.5. The predicted molar refractivity (Wildman–Crippen MR) is 110 cm³/mol. The van der Waals surface area contributed by atoms with Crippen molar-refractivity contribution in [2.24, 2.45) is 0 Å². The summed E-state index contributed by atoms with van der Waals surface area (Å²) in [5.74, 6) is -0.270. The first-order valence-corrected chi connectivity index (χ1v) is 11.6. The Morgan fingerprint density at radius 3 is 2.13 bits per heavy atom. The molecule has 0 amide bonds. The van der Waals surface area contributed by atoms with Crippen LogP contribution in [0.2, 0.25) is 0 Å². The van der Waals surface area contributed by atoms with Crippen molar-refractivity contribution in [3.8, 4) is 0 Å². The van der Waals surface area contributed by atoms with Gasteiger partial charge in [0.1, 0.15) is 11.6 Å². The standard InChI is InChI=1S/C20H25F2N5O2S/c1-15-4-2-3-7-27(15)20-6-5-19(23-24-20)25-8-10-26(11-9-25)30(28,29)18-13-16(21)12-17(22)14-18/h5-6,12-15H,2-4,7-11H2,1H3. The third kappa shape index (κ3) is 4.24. The fourth-order valence-electron chi connectivity index (χ4n) is 4.06. The Kier molecular flexibility index (Phi) is 5.88. The molecular weight excluding hydrogens is 412 g/mol. The van der Waals surface area contributed by atoms with Gasteiger partial charge in [-0.05, 0) is 50.5 Å². The largest absolute Gasteiger partial charge is 0.352 e. The molecule has 2 saturated heterocycles. The lowest BCUT2D eigenvalue weighted by Gasteiger charge is -2.35.